The molecular formula is C12H8ClF2NO. The van der Waals surface area contributed by atoms with Gasteiger partial charge in [-0.25, -0.2) is 8.78 Å². The van der Waals surface area contributed by atoms with Crippen LogP contribution < -0.4 is 0 Å². The average Bonchev–Trinajstić information content (AvgIpc) is 2.34. The average molecular weight is 256 g/mol. The molecule has 0 fully saturated rings. The van der Waals surface area contributed by atoms with Gasteiger partial charge in [-0.2, -0.15) is 0 Å². The van der Waals surface area contributed by atoms with E-state index in [1.54, 1.807) is 12.1 Å². The number of halogens is 3. The Labute approximate surface area is 102 Å². The molecule has 2 nitrogen and oxygen atoms in total. The Morgan fingerprint density at radius 1 is 1.24 bits per heavy atom. The number of hydrogen-bond acceptors (Lipinski definition) is 2. The maximum Gasteiger partial charge on any atom is 0.142 e. The van der Waals surface area contributed by atoms with Crippen LogP contribution >= 0.6 is 11.6 Å². The van der Waals surface area contributed by atoms with Crippen molar-refractivity contribution >= 4 is 11.6 Å². The summed E-state index contributed by atoms with van der Waals surface area (Å²) in [6.07, 6.45) is 1.64. The summed E-state index contributed by atoms with van der Waals surface area (Å²) >= 11 is 5.43. The molecule has 2 aromatic rings. The van der Waals surface area contributed by atoms with Crippen LogP contribution in [0.2, 0.25) is 5.02 Å². The summed E-state index contributed by atoms with van der Waals surface area (Å²) < 4.78 is 26.7. The molecular weight excluding hydrogens is 248 g/mol. The van der Waals surface area contributed by atoms with E-state index in [9.17, 15) is 13.9 Å². The van der Waals surface area contributed by atoms with Crippen LogP contribution in [0, 0.1) is 11.6 Å². The van der Waals surface area contributed by atoms with Gasteiger partial charge in [0.1, 0.15) is 17.7 Å². The lowest BCUT2D eigenvalue weighted by Gasteiger charge is -2.12. The van der Waals surface area contributed by atoms with Crippen molar-refractivity contribution in [2.24, 2.45) is 0 Å². The lowest BCUT2D eigenvalue weighted by molar-refractivity contribution is 0.214. The molecule has 0 aliphatic heterocycles. The van der Waals surface area contributed by atoms with Crippen LogP contribution in [0.5, 0.6) is 0 Å². The highest BCUT2D eigenvalue weighted by Gasteiger charge is 2.17. The zero-order valence-electron chi connectivity index (χ0n) is 8.57. The molecule has 1 atom stereocenters. The van der Waals surface area contributed by atoms with Crippen molar-refractivity contribution in [1.29, 1.82) is 0 Å². The second kappa shape index (κ2) is 4.77. The number of aliphatic hydroxyl groups is 1. The van der Waals surface area contributed by atoms with Gasteiger partial charge in [0.15, 0.2) is 0 Å². The molecule has 1 aromatic heterocycles. The number of aromatic nitrogens is 1. The Hall–Kier alpha value is -1.52. The third-order valence-corrected chi connectivity index (χ3v) is 2.62. The molecule has 0 radical (unpaired) electrons. The first-order valence-corrected chi connectivity index (χ1v) is 5.20. The SMILES string of the molecule is OC(c1cccnc1)c1cc(F)c(Cl)cc1F. The number of benzene rings is 1. The molecule has 0 spiro atoms. The highest BCUT2D eigenvalue weighted by Crippen LogP contribution is 2.27. The number of aliphatic hydroxyl groups excluding tert-OH is 1. The second-order valence-corrected chi connectivity index (χ2v) is 3.88. The first kappa shape index (κ1) is 12.0. The highest BCUT2D eigenvalue weighted by atomic mass is 35.5. The molecule has 0 aliphatic carbocycles. The normalized spacial score (nSPS) is 12.5. The molecule has 1 heterocycles. The molecule has 2 rings (SSSR count). The molecule has 88 valence electrons. The first-order chi connectivity index (χ1) is 8.09. The minimum Gasteiger partial charge on any atom is -0.383 e. The molecule has 5 heteroatoms. The number of hydrogen-bond donors (Lipinski definition) is 1. The largest absolute Gasteiger partial charge is 0.383 e. The standard InChI is InChI=1S/C12H8ClF2NO/c13-9-5-10(14)8(4-11(9)15)12(17)7-2-1-3-16-6-7/h1-6,12,17H. The number of rotatable bonds is 2. The van der Waals surface area contributed by atoms with Crippen molar-refractivity contribution in [3.63, 3.8) is 0 Å². The molecule has 0 bridgehead atoms. The predicted octanol–water partition coefficient (Wildman–Crippen LogP) is 3.09. The molecule has 0 saturated heterocycles. The molecule has 0 saturated carbocycles. The Kier molecular flexibility index (Phi) is 3.36. The molecule has 1 aromatic carbocycles. The minimum absolute atomic E-state index is 0.167. The topological polar surface area (TPSA) is 33.1 Å². The van der Waals surface area contributed by atoms with E-state index in [0.29, 0.717) is 5.56 Å². The third-order valence-electron chi connectivity index (χ3n) is 2.33. The van der Waals surface area contributed by atoms with Crippen molar-refractivity contribution in [3.8, 4) is 0 Å². The fraction of sp³-hybridized carbons (Fsp3) is 0.0833. The molecule has 0 amide bonds. The van der Waals surface area contributed by atoms with Crippen molar-refractivity contribution in [1.82, 2.24) is 4.98 Å². The van der Waals surface area contributed by atoms with Crippen LogP contribution in [0.4, 0.5) is 8.78 Å². The van der Waals surface area contributed by atoms with Crippen LogP contribution in [0.25, 0.3) is 0 Å². The highest BCUT2D eigenvalue weighted by molar-refractivity contribution is 6.30. The van der Waals surface area contributed by atoms with Gasteiger partial charge in [-0.1, -0.05) is 17.7 Å². The lowest BCUT2D eigenvalue weighted by Crippen LogP contribution is -2.04. The van der Waals surface area contributed by atoms with E-state index < -0.39 is 17.7 Å². The summed E-state index contributed by atoms with van der Waals surface area (Å²) in [5.41, 5.74) is 0.216. The van der Waals surface area contributed by atoms with Crippen molar-refractivity contribution in [2.45, 2.75) is 6.10 Å². The van der Waals surface area contributed by atoms with Crippen molar-refractivity contribution < 1.29 is 13.9 Å². The maximum atomic E-state index is 13.5. The maximum absolute atomic E-state index is 13.5. The molecule has 1 N–H and O–H groups in total. The quantitative estimate of drug-likeness (QED) is 0.837. The second-order valence-electron chi connectivity index (χ2n) is 3.48. The summed E-state index contributed by atoms with van der Waals surface area (Å²) in [6, 6.07) is 4.90. The van der Waals surface area contributed by atoms with E-state index in [1.165, 1.54) is 12.4 Å². The van der Waals surface area contributed by atoms with Crippen LogP contribution in [0.3, 0.4) is 0 Å². The third kappa shape index (κ3) is 2.43. The van der Waals surface area contributed by atoms with E-state index in [1.807, 2.05) is 0 Å². The molecule has 1 unspecified atom stereocenters. The van der Waals surface area contributed by atoms with Gasteiger partial charge in [0, 0.05) is 23.5 Å². The summed E-state index contributed by atoms with van der Waals surface area (Å²) in [6.45, 7) is 0. The van der Waals surface area contributed by atoms with Gasteiger partial charge in [-0.05, 0) is 18.2 Å². The number of pyridine rings is 1. The minimum atomic E-state index is -1.27. The van der Waals surface area contributed by atoms with Gasteiger partial charge in [0.25, 0.3) is 0 Å². The number of nitrogens with zero attached hydrogens (tertiary/aromatic N) is 1. The predicted molar refractivity (Wildman–Crippen MR) is 59.7 cm³/mol. The van der Waals surface area contributed by atoms with E-state index in [0.717, 1.165) is 12.1 Å². The van der Waals surface area contributed by atoms with E-state index >= 15 is 0 Å². The first-order valence-electron chi connectivity index (χ1n) is 4.82. The Morgan fingerprint density at radius 2 is 2.00 bits per heavy atom. The monoisotopic (exact) mass is 255 g/mol. The van der Waals surface area contributed by atoms with Crippen LogP contribution in [-0.2, 0) is 0 Å². The summed E-state index contributed by atoms with van der Waals surface area (Å²) in [4.78, 5) is 3.80. The van der Waals surface area contributed by atoms with E-state index in [-0.39, 0.29) is 10.6 Å². The lowest BCUT2D eigenvalue weighted by atomic mass is 10.0. The van der Waals surface area contributed by atoms with Gasteiger partial charge in [-0.15, -0.1) is 0 Å². The smallest absolute Gasteiger partial charge is 0.142 e. The Balaban J connectivity index is 2.44. The van der Waals surface area contributed by atoms with Crippen LogP contribution in [-0.4, -0.2) is 10.1 Å². The zero-order chi connectivity index (χ0) is 12.4. The fourth-order valence-electron chi connectivity index (χ4n) is 1.46. The van der Waals surface area contributed by atoms with Gasteiger partial charge in [0.05, 0.1) is 5.02 Å². The van der Waals surface area contributed by atoms with Crippen molar-refractivity contribution in [2.75, 3.05) is 0 Å². The van der Waals surface area contributed by atoms with Gasteiger partial charge >= 0.3 is 0 Å². The van der Waals surface area contributed by atoms with Gasteiger partial charge in [0.2, 0.25) is 0 Å². The van der Waals surface area contributed by atoms with Gasteiger partial charge < -0.3 is 5.11 Å². The molecule has 0 aliphatic rings. The van der Waals surface area contributed by atoms with Crippen molar-refractivity contribution in [3.05, 3.63) is 64.4 Å². The van der Waals surface area contributed by atoms with E-state index in [2.05, 4.69) is 4.98 Å². The fourth-order valence-corrected chi connectivity index (χ4v) is 1.62. The van der Waals surface area contributed by atoms with Gasteiger partial charge in [-0.3, -0.25) is 4.98 Å². The molecule has 17 heavy (non-hydrogen) atoms. The summed E-state index contributed by atoms with van der Waals surface area (Å²) in [5.74, 6) is -1.53. The Morgan fingerprint density at radius 3 is 2.65 bits per heavy atom. The van der Waals surface area contributed by atoms with Crippen LogP contribution in [0.15, 0.2) is 36.7 Å². The summed E-state index contributed by atoms with van der Waals surface area (Å²) in [5, 5.41) is 9.58. The summed E-state index contributed by atoms with van der Waals surface area (Å²) in [7, 11) is 0. The van der Waals surface area contributed by atoms with Crippen LogP contribution in [0.1, 0.15) is 17.2 Å². The Bertz CT molecular complexity index is 534. The zero-order valence-corrected chi connectivity index (χ0v) is 9.33. The van der Waals surface area contributed by atoms with E-state index in [4.69, 9.17) is 11.6 Å².